The Morgan fingerprint density at radius 2 is 2.25 bits per heavy atom. The Balaban J connectivity index is 1.82. The first-order valence-electron chi connectivity index (χ1n) is 5.13. The quantitative estimate of drug-likeness (QED) is 0.900. The molecule has 0 bridgehead atoms. The van der Waals surface area contributed by atoms with Crippen molar-refractivity contribution in [2.24, 2.45) is 5.92 Å². The highest BCUT2D eigenvalue weighted by Gasteiger charge is 2.15. The maximum atomic E-state index is 5.81. The fourth-order valence-corrected chi connectivity index (χ4v) is 1.88. The number of halogens is 2. The van der Waals surface area contributed by atoms with Crippen molar-refractivity contribution in [2.75, 3.05) is 25.1 Å². The first-order valence-corrected chi connectivity index (χ1v) is 5.88. The third kappa shape index (κ3) is 3.17. The van der Waals surface area contributed by atoms with E-state index in [4.69, 9.17) is 27.9 Å². The fourth-order valence-electron chi connectivity index (χ4n) is 1.61. The van der Waals surface area contributed by atoms with E-state index in [0.717, 1.165) is 32.6 Å². The Hall–Kier alpha value is -0.650. The summed E-state index contributed by atoms with van der Waals surface area (Å²) in [6.45, 7) is 2.49. The van der Waals surface area contributed by atoms with Crippen LogP contribution in [0.4, 0.5) is 5.82 Å². The molecule has 0 aliphatic carbocycles. The first kappa shape index (κ1) is 11.8. The molecule has 1 unspecified atom stereocenters. The van der Waals surface area contributed by atoms with E-state index in [2.05, 4.69) is 20.5 Å². The van der Waals surface area contributed by atoms with Gasteiger partial charge in [-0.15, -0.1) is 10.2 Å². The van der Waals surface area contributed by atoms with Crippen LogP contribution in [0.3, 0.4) is 0 Å². The lowest BCUT2D eigenvalue weighted by atomic mass is 10.1. The highest BCUT2D eigenvalue weighted by molar-refractivity contribution is 6.32. The van der Waals surface area contributed by atoms with E-state index in [-0.39, 0.29) is 10.4 Å². The van der Waals surface area contributed by atoms with E-state index >= 15 is 0 Å². The van der Waals surface area contributed by atoms with E-state index in [0.29, 0.717) is 11.7 Å². The molecule has 5 nitrogen and oxygen atoms in total. The number of ether oxygens (including phenoxy) is 1. The first-order chi connectivity index (χ1) is 7.75. The van der Waals surface area contributed by atoms with E-state index in [1.54, 1.807) is 0 Å². The van der Waals surface area contributed by atoms with Gasteiger partial charge in [-0.3, -0.25) is 0 Å². The molecule has 1 N–H and O–H groups in total. The highest BCUT2D eigenvalue weighted by Crippen LogP contribution is 2.19. The Kier molecular flexibility index (Phi) is 4.15. The van der Waals surface area contributed by atoms with Crippen LogP contribution in [0.2, 0.25) is 10.4 Å². The standard InChI is InChI=1S/C9H12Cl2N4O/c10-7-8(13-9(11)15-14-7)12-3-1-6-2-4-16-5-6/h6H,1-5H2,(H,12,13,15). The van der Waals surface area contributed by atoms with Crippen molar-refractivity contribution in [3.05, 3.63) is 10.4 Å². The summed E-state index contributed by atoms with van der Waals surface area (Å²) >= 11 is 11.4. The van der Waals surface area contributed by atoms with Gasteiger partial charge >= 0.3 is 0 Å². The van der Waals surface area contributed by atoms with E-state index in [1.165, 1.54) is 0 Å². The van der Waals surface area contributed by atoms with Gasteiger partial charge in [0.05, 0.1) is 0 Å². The lowest BCUT2D eigenvalue weighted by Crippen LogP contribution is -2.11. The SMILES string of the molecule is Clc1nnc(Cl)c(NCCC2CCOC2)n1. The fraction of sp³-hybridized carbons (Fsp3) is 0.667. The zero-order chi connectivity index (χ0) is 11.4. The molecule has 88 valence electrons. The molecule has 1 saturated heterocycles. The number of hydrogen-bond acceptors (Lipinski definition) is 5. The molecule has 0 aromatic carbocycles. The Morgan fingerprint density at radius 1 is 1.38 bits per heavy atom. The maximum absolute atomic E-state index is 5.81. The summed E-state index contributed by atoms with van der Waals surface area (Å²) in [6.07, 6.45) is 2.15. The molecule has 0 saturated carbocycles. The van der Waals surface area contributed by atoms with Crippen LogP contribution in [0.1, 0.15) is 12.8 Å². The second kappa shape index (κ2) is 5.61. The van der Waals surface area contributed by atoms with Crippen molar-refractivity contribution >= 4 is 29.0 Å². The molecule has 2 rings (SSSR count). The van der Waals surface area contributed by atoms with Gasteiger partial charge in [-0.05, 0) is 30.4 Å². The Labute approximate surface area is 104 Å². The Morgan fingerprint density at radius 3 is 3.00 bits per heavy atom. The van der Waals surface area contributed by atoms with Crippen molar-refractivity contribution in [1.29, 1.82) is 0 Å². The maximum Gasteiger partial charge on any atom is 0.245 e. The van der Waals surface area contributed by atoms with Crippen LogP contribution in [-0.2, 0) is 4.74 Å². The number of hydrogen-bond donors (Lipinski definition) is 1. The smallest absolute Gasteiger partial charge is 0.245 e. The van der Waals surface area contributed by atoms with Gasteiger partial charge in [-0.1, -0.05) is 11.6 Å². The lowest BCUT2D eigenvalue weighted by Gasteiger charge is -2.09. The van der Waals surface area contributed by atoms with Crippen molar-refractivity contribution in [3.63, 3.8) is 0 Å². The third-order valence-corrected chi connectivity index (χ3v) is 2.90. The summed E-state index contributed by atoms with van der Waals surface area (Å²) < 4.78 is 5.29. The molecule has 7 heteroatoms. The second-order valence-corrected chi connectivity index (χ2v) is 4.36. The largest absolute Gasteiger partial charge is 0.381 e. The van der Waals surface area contributed by atoms with Crippen LogP contribution in [0.5, 0.6) is 0 Å². The van der Waals surface area contributed by atoms with Crippen LogP contribution in [0.25, 0.3) is 0 Å². The van der Waals surface area contributed by atoms with Gasteiger partial charge < -0.3 is 10.1 Å². The monoisotopic (exact) mass is 262 g/mol. The van der Waals surface area contributed by atoms with Gasteiger partial charge in [-0.25, -0.2) is 0 Å². The van der Waals surface area contributed by atoms with Crippen LogP contribution in [0.15, 0.2) is 0 Å². The number of anilines is 1. The highest BCUT2D eigenvalue weighted by atomic mass is 35.5. The molecular formula is C9H12Cl2N4O. The van der Waals surface area contributed by atoms with E-state index in [9.17, 15) is 0 Å². The van der Waals surface area contributed by atoms with E-state index < -0.39 is 0 Å². The Bertz CT molecular complexity index is 357. The van der Waals surface area contributed by atoms with Crippen molar-refractivity contribution in [2.45, 2.75) is 12.8 Å². The van der Waals surface area contributed by atoms with E-state index in [1.807, 2.05) is 0 Å². The summed E-state index contributed by atoms with van der Waals surface area (Å²) in [4.78, 5) is 3.95. The molecule has 16 heavy (non-hydrogen) atoms. The lowest BCUT2D eigenvalue weighted by molar-refractivity contribution is 0.185. The predicted molar refractivity (Wildman–Crippen MR) is 61.9 cm³/mol. The average Bonchev–Trinajstić information content (AvgIpc) is 2.76. The zero-order valence-corrected chi connectivity index (χ0v) is 10.1. The molecule has 1 aliphatic rings. The normalized spacial score (nSPS) is 20.0. The minimum atomic E-state index is 0.0936. The summed E-state index contributed by atoms with van der Waals surface area (Å²) in [6, 6.07) is 0. The molecule has 0 amide bonds. The molecule has 1 aliphatic heterocycles. The summed E-state index contributed by atoms with van der Waals surface area (Å²) in [5.74, 6) is 1.11. The van der Waals surface area contributed by atoms with Crippen LogP contribution in [0, 0.1) is 5.92 Å². The molecule has 0 radical (unpaired) electrons. The van der Waals surface area contributed by atoms with Crippen molar-refractivity contribution in [3.8, 4) is 0 Å². The number of rotatable bonds is 4. The van der Waals surface area contributed by atoms with Gasteiger partial charge in [0.1, 0.15) is 0 Å². The second-order valence-electron chi connectivity index (χ2n) is 3.67. The van der Waals surface area contributed by atoms with Crippen LogP contribution >= 0.6 is 23.2 Å². The van der Waals surface area contributed by atoms with Gasteiger partial charge in [-0.2, -0.15) is 4.98 Å². The number of nitrogens with one attached hydrogen (secondary N) is 1. The predicted octanol–water partition coefficient (Wildman–Crippen LogP) is 2.02. The average molecular weight is 263 g/mol. The summed E-state index contributed by atoms with van der Waals surface area (Å²) in [5.41, 5.74) is 0. The molecule has 2 heterocycles. The minimum absolute atomic E-state index is 0.0936. The van der Waals surface area contributed by atoms with Gasteiger partial charge in [0, 0.05) is 19.8 Å². The molecule has 1 aromatic heterocycles. The molecule has 1 fully saturated rings. The van der Waals surface area contributed by atoms with Crippen molar-refractivity contribution in [1.82, 2.24) is 15.2 Å². The molecule has 1 atom stereocenters. The molecular weight excluding hydrogens is 251 g/mol. The topological polar surface area (TPSA) is 59.9 Å². The molecule has 1 aromatic rings. The molecule has 0 spiro atoms. The number of aromatic nitrogens is 3. The zero-order valence-electron chi connectivity index (χ0n) is 8.62. The van der Waals surface area contributed by atoms with Crippen molar-refractivity contribution < 1.29 is 4.74 Å². The summed E-state index contributed by atoms with van der Waals surface area (Å²) in [5, 5.41) is 10.6. The van der Waals surface area contributed by atoms with Crippen LogP contribution in [-0.4, -0.2) is 34.9 Å². The summed E-state index contributed by atoms with van der Waals surface area (Å²) in [7, 11) is 0. The third-order valence-electron chi connectivity index (χ3n) is 2.49. The minimum Gasteiger partial charge on any atom is -0.381 e. The van der Waals surface area contributed by atoms with Crippen LogP contribution < -0.4 is 5.32 Å². The van der Waals surface area contributed by atoms with Gasteiger partial charge in [0.25, 0.3) is 0 Å². The number of nitrogens with zero attached hydrogens (tertiary/aromatic N) is 3. The van der Waals surface area contributed by atoms with Gasteiger partial charge in [0.2, 0.25) is 5.28 Å². The van der Waals surface area contributed by atoms with Gasteiger partial charge in [0.15, 0.2) is 11.0 Å².